The van der Waals surface area contributed by atoms with Crippen molar-refractivity contribution >= 4 is 28.8 Å². The van der Waals surface area contributed by atoms with Gasteiger partial charge in [0.25, 0.3) is 0 Å². The zero-order valence-corrected chi connectivity index (χ0v) is 17.5. The van der Waals surface area contributed by atoms with Crippen LogP contribution < -0.4 is 4.90 Å². The van der Waals surface area contributed by atoms with Crippen LogP contribution in [0.4, 0.5) is 5.82 Å². The number of carbonyl (C=O) groups excluding carboxylic acids is 1. The minimum atomic E-state index is -0.00534. The zero-order valence-electron chi connectivity index (χ0n) is 16.7. The van der Waals surface area contributed by atoms with Gasteiger partial charge in [-0.3, -0.25) is 4.79 Å². The van der Waals surface area contributed by atoms with Crippen LogP contribution in [-0.4, -0.2) is 64.8 Å². The number of carbonyl (C=O) groups is 1. The Morgan fingerprint density at radius 1 is 1.17 bits per heavy atom. The lowest BCUT2D eigenvalue weighted by Crippen LogP contribution is -2.48. The summed E-state index contributed by atoms with van der Waals surface area (Å²) in [5, 5.41) is 5.39. The van der Waals surface area contributed by atoms with Crippen molar-refractivity contribution in [2.24, 2.45) is 5.92 Å². The van der Waals surface area contributed by atoms with Gasteiger partial charge in [0, 0.05) is 49.2 Å². The van der Waals surface area contributed by atoms with Crippen LogP contribution in [0, 0.1) is 5.92 Å². The Morgan fingerprint density at radius 3 is 2.87 bits per heavy atom. The molecule has 4 heterocycles. The molecule has 7 nitrogen and oxygen atoms in total. The van der Waals surface area contributed by atoms with E-state index < -0.39 is 0 Å². The summed E-state index contributed by atoms with van der Waals surface area (Å²) in [5.41, 5.74) is 2.76. The van der Waals surface area contributed by atoms with Gasteiger partial charge in [-0.05, 0) is 31.0 Å². The Hall–Kier alpha value is -2.64. The summed E-state index contributed by atoms with van der Waals surface area (Å²) in [7, 11) is 0. The highest BCUT2D eigenvalue weighted by molar-refractivity contribution is 6.30. The van der Waals surface area contributed by atoms with E-state index in [0.717, 1.165) is 42.0 Å². The van der Waals surface area contributed by atoms with E-state index in [1.807, 2.05) is 45.9 Å². The molecule has 0 saturated carbocycles. The predicted octanol–water partition coefficient (Wildman–Crippen LogP) is 3.12. The molecule has 30 heavy (non-hydrogen) atoms. The smallest absolute Gasteiger partial charge is 0.227 e. The maximum Gasteiger partial charge on any atom is 0.227 e. The Morgan fingerprint density at radius 2 is 2.03 bits per heavy atom. The minimum Gasteiger partial charge on any atom is -0.378 e. The molecule has 1 aromatic carbocycles. The molecule has 5 rings (SSSR count). The quantitative estimate of drug-likeness (QED) is 0.645. The lowest BCUT2D eigenvalue weighted by molar-refractivity contribution is -0.139. The largest absolute Gasteiger partial charge is 0.378 e. The van der Waals surface area contributed by atoms with Gasteiger partial charge in [0.2, 0.25) is 5.91 Å². The van der Waals surface area contributed by atoms with Crippen molar-refractivity contribution in [3.8, 4) is 11.3 Å². The van der Waals surface area contributed by atoms with Crippen molar-refractivity contribution in [1.82, 2.24) is 19.5 Å². The number of anilines is 1. The van der Waals surface area contributed by atoms with Crippen molar-refractivity contribution in [2.75, 3.05) is 44.3 Å². The first-order chi connectivity index (χ1) is 14.7. The van der Waals surface area contributed by atoms with Gasteiger partial charge in [0.1, 0.15) is 5.52 Å². The van der Waals surface area contributed by atoms with E-state index in [9.17, 15) is 4.79 Å². The maximum absolute atomic E-state index is 13.0. The second-order valence-corrected chi connectivity index (χ2v) is 8.28. The second kappa shape index (κ2) is 8.24. The fourth-order valence-electron chi connectivity index (χ4n) is 4.35. The maximum atomic E-state index is 13.0. The van der Waals surface area contributed by atoms with E-state index in [4.69, 9.17) is 21.4 Å². The van der Waals surface area contributed by atoms with Crippen molar-refractivity contribution in [2.45, 2.75) is 12.8 Å². The molecule has 1 unspecified atom stereocenters. The van der Waals surface area contributed by atoms with Gasteiger partial charge in [-0.1, -0.05) is 23.7 Å². The molecule has 2 saturated heterocycles. The monoisotopic (exact) mass is 425 g/mol. The van der Waals surface area contributed by atoms with Crippen LogP contribution in [-0.2, 0) is 9.53 Å². The number of benzene rings is 1. The molecular weight excluding hydrogens is 402 g/mol. The van der Waals surface area contributed by atoms with Crippen LogP contribution in [0.3, 0.4) is 0 Å². The van der Waals surface area contributed by atoms with Gasteiger partial charge in [-0.25, -0.2) is 9.50 Å². The van der Waals surface area contributed by atoms with E-state index >= 15 is 0 Å². The van der Waals surface area contributed by atoms with Gasteiger partial charge in [-0.15, -0.1) is 0 Å². The Kier molecular flexibility index (Phi) is 5.31. The summed E-state index contributed by atoms with van der Waals surface area (Å²) in [6.45, 7) is 4.21. The lowest BCUT2D eigenvalue weighted by atomic mass is 9.96. The number of aromatic nitrogens is 3. The predicted molar refractivity (Wildman–Crippen MR) is 116 cm³/mol. The summed E-state index contributed by atoms with van der Waals surface area (Å²) >= 11 is 6.16. The number of ether oxygens (including phenoxy) is 1. The van der Waals surface area contributed by atoms with Crippen molar-refractivity contribution in [3.05, 3.63) is 47.7 Å². The van der Waals surface area contributed by atoms with E-state index in [0.29, 0.717) is 37.9 Å². The number of piperidine rings is 1. The second-order valence-electron chi connectivity index (χ2n) is 7.84. The van der Waals surface area contributed by atoms with Crippen LogP contribution in [0.1, 0.15) is 12.8 Å². The average Bonchev–Trinajstić information content (AvgIpc) is 3.24. The average molecular weight is 426 g/mol. The summed E-state index contributed by atoms with van der Waals surface area (Å²) in [5.74, 6) is 1.11. The van der Waals surface area contributed by atoms with Gasteiger partial charge in [0.15, 0.2) is 5.82 Å². The first-order valence-corrected chi connectivity index (χ1v) is 10.8. The Balaban J connectivity index is 1.42. The molecule has 2 fully saturated rings. The topological polar surface area (TPSA) is 63.0 Å². The van der Waals surface area contributed by atoms with Crippen LogP contribution in [0.2, 0.25) is 5.02 Å². The fourth-order valence-corrected chi connectivity index (χ4v) is 4.54. The number of hydrogen-bond acceptors (Lipinski definition) is 5. The number of nitrogens with zero attached hydrogens (tertiary/aromatic N) is 5. The number of halogens is 1. The number of rotatable bonds is 3. The third kappa shape index (κ3) is 3.75. The molecular formula is C22H24ClN5O2. The van der Waals surface area contributed by atoms with Gasteiger partial charge < -0.3 is 14.5 Å². The van der Waals surface area contributed by atoms with Crippen LogP contribution in [0.15, 0.2) is 42.7 Å². The summed E-state index contributed by atoms with van der Waals surface area (Å²) in [6.07, 6.45) is 5.51. The first-order valence-electron chi connectivity index (χ1n) is 10.4. The van der Waals surface area contributed by atoms with Gasteiger partial charge in [-0.2, -0.15) is 5.10 Å². The molecule has 0 N–H and O–H groups in total. The standard InChI is InChI=1S/C22H24ClN5O2/c23-18-5-1-3-16(13-18)19-14-20-21(24-6-8-28(20)25-19)27-7-2-4-17(15-27)22(29)26-9-11-30-12-10-26/h1,3,5-6,8,13-14,17H,2,4,7,9-12,15H2. The highest BCUT2D eigenvalue weighted by Crippen LogP contribution is 2.29. The van der Waals surface area contributed by atoms with Crippen LogP contribution in [0.25, 0.3) is 16.8 Å². The zero-order chi connectivity index (χ0) is 20.5. The molecule has 2 aliphatic rings. The molecule has 2 aromatic heterocycles. The summed E-state index contributed by atoms with van der Waals surface area (Å²) < 4.78 is 7.24. The summed E-state index contributed by atoms with van der Waals surface area (Å²) in [6, 6.07) is 9.73. The van der Waals surface area contributed by atoms with Gasteiger partial charge in [0.05, 0.1) is 24.8 Å². The molecule has 0 spiro atoms. The van der Waals surface area contributed by atoms with E-state index in [2.05, 4.69) is 9.88 Å². The highest BCUT2D eigenvalue weighted by Gasteiger charge is 2.31. The van der Waals surface area contributed by atoms with Crippen LogP contribution >= 0.6 is 11.6 Å². The molecule has 0 radical (unpaired) electrons. The number of morpholine rings is 1. The van der Waals surface area contributed by atoms with Gasteiger partial charge >= 0.3 is 0 Å². The number of amides is 1. The first kappa shape index (κ1) is 19.3. The number of fused-ring (bicyclic) bond motifs is 1. The lowest BCUT2D eigenvalue weighted by Gasteiger charge is -2.36. The molecule has 2 aliphatic heterocycles. The SMILES string of the molecule is O=C(C1CCCN(c2nccn3nc(-c4cccc(Cl)c4)cc23)C1)N1CCOCC1. The molecule has 0 aliphatic carbocycles. The molecule has 1 atom stereocenters. The molecule has 3 aromatic rings. The van der Waals surface area contributed by atoms with E-state index in [1.54, 1.807) is 6.20 Å². The number of hydrogen-bond donors (Lipinski definition) is 0. The normalized spacial score (nSPS) is 20.0. The molecule has 8 heteroatoms. The van der Waals surface area contributed by atoms with Crippen molar-refractivity contribution in [1.29, 1.82) is 0 Å². The molecule has 156 valence electrons. The van der Waals surface area contributed by atoms with E-state index in [-0.39, 0.29) is 11.8 Å². The fraction of sp³-hybridized carbons (Fsp3) is 0.409. The molecule has 1 amide bonds. The third-order valence-electron chi connectivity index (χ3n) is 5.88. The Labute approximate surface area is 180 Å². The Bertz CT molecular complexity index is 1060. The van der Waals surface area contributed by atoms with Crippen molar-refractivity contribution in [3.63, 3.8) is 0 Å². The van der Waals surface area contributed by atoms with E-state index in [1.165, 1.54) is 0 Å². The van der Waals surface area contributed by atoms with Crippen LogP contribution in [0.5, 0.6) is 0 Å². The third-order valence-corrected chi connectivity index (χ3v) is 6.12. The van der Waals surface area contributed by atoms with Crippen molar-refractivity contribution < 1.29 is 9.53 Å². The summed E-state index contributed by atoms with van der Waals surface area (Å²) in [4.78, 5) is 21.8. The highest BCUT2D eigenvalue weighted by atomic mass is 35.5. The molecule has 0 bridgehead atoms. The minimum absolute atomic E-state index is 0.00534.